The molecule has 0 aromatic heterocycles. The Morgan fingerprint density at radius 2 is 2.00 bits per heavy atom. The van der Waals surface area contributed by atoms with Gasteiger partial charge in [0.15, 0.2) is 5.75 Å². The van der Waals surface area contributed by atoms with Crippen molar-refractivity contribution in [3.8, 4) is 6.07 Å². The zero-order valence-corrected chi connectivity index (χ0v) is 9.31. The third kappa shape index (κ3) is 3.62. The number of aliphatic hydroxyl groups excluding tert-OH is 1. The van der Waals surface area contributed by atoms with Crippen LogP contribution in [0.5, 0.6) is 0 Å². The molecule has 0 radical (unpaired) electrons. The smallest absolute Gasteiger partial charge is 0.225 e. The summed E-state index contributed by atoms with van der Waals surface area (Å²) < 4.78 is 24.9. The molecule has 0 bridgehead atoms. The Morgan fingerprint density at radius 1 is 1.38 bits per heavy atom. The number of nitrogens with zero attached hydrogens (tertiary/aromatic N) is 1. The van der Waals surface area contributed by atoms with Crippen molar-refractivity contribution in [2.24, 2.45) is 0 Å². The van der Waals surface area contributed by atoms with Crippen molar-refractivity contribution >= 4 is 10.0 Å². The van der Waals surface area contributed by atoms with Crippen molar-refractivity contribution in [3.05, 3.63) is 35.9 Å². The molecule has 0 unspecified atom stereocenters. The van der Waals surface area contributed by atoms with Gasteiger partial charge in [-0.3, -0.25) is 0 Å². The van der Waals surface area contributed by atoms with Crippen LogP contribution in [-0.4, -0.2) is 25.9 Å². The van der Waals surface area contributed by atoms with Crippen molar-refractivity contribution in [1.29, 1.82) is 5.26 Å². The number of rotatable bonds is 5. The topological polar surface area (TPSA) is 90.2 Å². The highest BCUT2D eigenvalue weighted by atomic mass is 32.2. The predicted molar refractivity (Wildman–Crippen MR) is 58.8 cm³/mol. The van der Waals surface area contributed by atoms with Gasteiger partial charge in [0.1, 0.15) is 0 Å². The summed E-state index contributed by atoms with van der Waals surface area (Å²) in [5, 5.41) is 17.4. The van der Waals surface area contributed by atoms with Gasteiger partial charge in [0.25, 0.3) is 0 Å². The van der Waals surface area contributed by atoms with Crippen LogP contribution in [-0.2, 0) is 10.0 Å². The minimum Gasteiger partial charge on any atom is -0.394 e. The molecule has 0 amide bonds. The van der Waals surface area contributed by atoms with Gasteiger partial charge in [-0.15, -0.1) is 0 Å². The molecule has 1 aromatic rings. The first-order valence-electron chi connectivity index (χ1n) is 4.62. The number of nitriles is 1. The molecular formula is C10H12N2O3S. The van der Waals surface area contributed by atoms with Gasteiger partial charge in [-0.05, 0) is 5.56 Å². The fraction of sp³-hybridized carbons (Fsp3) is 0.300. The lowest BCUT2D eigenvalue weighted by Crippen LogP contribution is -2.32. The van der Waals surface area contributed by atoms with E-state index in [-0.39, 0.29) is 6.61 Å². The summed E-state index contributed by atoms with van der Waals surface area (Å²) in [6.45, 7) is -0.353. The Hall–Kier alpha value is -1.42. The number of benzene rings is 1. The first kappa shape index (κ1) is 12.6. The largest absolute Gasteiger partial charge is 0.394 e. The maximum atomic E-state index is 11.3. The molecule has 1 aromatic carbocycles. The highest BCUT2D eigenvalue weighted by Crippen LogP contribution is 2.12. The van der Waals surface area contributed by atoms with Gasteiger partial charge in [-0.1, -0.05) is 30.3 Å². The van der Waals surface area contributed by atoms with Gasteiger partial charge < -0.3 is 5.11 Å². The van der Waals surface area contributed by atoms with Crippen LogP contribution in [0.25, 0.3) is 0 Å². The molecule has 0 heterocycles. The highest BCUT2D eigenvalue weighted by molar-refractivity contribution is 7.89. The van der Waals surface area contributed by atoms with Gasteiger partial charge >= 0.3 is 0 Å². The molecule has 0 spiro atoms. The van der Waals surface area contributed by atoms with E-state index in [4.69, 9.17) is 10.4 Å². The number of sulfonamides is 1. The number of aliphatic hydroxyl groups is 1. The molecule has 1 rings (SSSR count). The van der Waals surface area contributed by atoms with E-state index in [9.17, 15) is 8.42 Å². The van der Waals surface area contributed by atoms with Crippen LogP contribution in [0.1, 0.15) is 11.6 Å². The molecule has 1 atom stereocenters. The van der Waals surface area contributed by atoms with Crippen molar-refractivity contribution in [1.82, 2.24) is 4.72 Å². The molecule has 6 heteroatoms. The second kappa shape index (κ2) is 5.61. The first-order chi connectivity index (χ1) is 7.59. The Morgan fingerprint density at radius 3 is 2.50 bits per heavy atom. The molecule has 16 heavy (non-hydrogen) atoms. The fourth-order valence-corrected chi connectivity index (χ4v) is 2.14. The standard InChI is InChI=1S/C10H12N2O3S/c11-6-7-16(14,15)12-10(8-13)9-4-2-1-3-5-9/h1-5,10,12-13H,7-8H2/t10-/m0/s1. The molecule has 86 valence electrons. The first-order valence-corrected chi connectivity index (χ1v) is 6.27. The maximum absolute atomic E-state index is 11.3. The average molecular weight is 240 g/mol. The van der Waals surface area contributed by atoms with Crippen molar-refractivity contribution in [2.45, 2.75) is 6.04 Å². The summed E-state index contributed by atoms with van der Waals surface area (Å²) in [6.07, 6.45) is 0. The number of hydrogen-bond acceptors (Lipinski definition) is 4. The molecule has 5 nitrogen and oxygen atoms in total. The molecule has 0 saturated carbocycles. The van der Waals surface area contributed by atoms with Crippen molar-refractivity contribution in [2.75, 3.05) is 12.4 Å². The Bertz CT molecular complexity index is 465. The van der Waals surface area contributed by atoms with Crippen LogP contribution in [0, 0.1) is 11.3 Å². The lowest BCUT2D eigenvalue weighted by atomic mass is 10.1. The minimum atomic E-state index is -3.66. The normalized spacial score (nSPS) is 13.0. The van der Waals surface area contributed by atoms with Gasteiger partial charge in [0, 0.05) is 0 Å². The third-order valence-corrected chi connectivity index (χ3v) is 3.11. The second-order valence-electron chi connectivity index (χ2n) is 3.18. The zero-order valence-electron chi connectivity index (χ0n) is 8.50. The molecule has 0 aliphatic heterocycles. The zero-order chi connectivity index (χ0) is 12.0. The van der Waals surface area contributed by atoms with Gasteiger partial charge in [0.05, 0.1) is 18.7 Å². The van der Waals surface area contributed by atoms with Crippen LogP contribution in [0.3, 0.4) is 0 Å². The molecule has 0 fully saturated rings. The van der Waals surface area contributed by atoms with E-state index in [1.165, 1.54) is 0 Å². The summed E-state index contributed by atoms with van der Waals surface area (Å²) in [7, 11) is -3.66. The van der Waals surface area contributed by atoms with Gasteiger partial charge in [-0.25, -0.2) is 13.1 Å². The molecule has 0 aliphatic carbocycles. The Balaban J connectivity index is 2.83. The van der Waals surface area contributed by atoms with E-state index >= 15 is 0 Å². The van der Waals surface area contributed by atoms with Gasteiger partial charge in [0.2, 0.25) is 10.0 Å². The van der Waals surface area contributed by atoms with E-state index in [1.54, 1.807) is 36.4 Å². The minimum absolute atomic E-state index is 0.353. The summed E-state index contributed by atoms with van der Waals surface area (Å²) >= 11 is 0. The van der Waals surface area contributed by atoms with Crippen LogP contribution >= 0.6 is 0 Å². The lowest BCUT2D eigenvalue weighted by molar-refractivity contribution is 0.259. The Kier molecular flexibility index (Phi) is 4.43. The molecule has 2 N–H and O–H groups in total. The van der Waals surface area contributed by atoms with Crippen molar-refractivity contribution in [3.63, 3.8) is 0 Å². The molecule has 0 aliphatic rings. The van der Waals surface area contributed by atoms with E-state index in [0.717, 1.165) is 0 Å². The quantitative estimate of drug-likeness (QED) is 0.767. The van der Waals surface area contributed by atoms with E-state index < -0.39 is 21.8 Å². The third-order valence-electron chi connectivity index (χ3n) is 1.96. The summed E-state index contributed by atoms with van der Waals surface area (Å²) in [5.74, 6) is -0.615. The van der Waals surface area contributed by atoms with Crippen LogP contribution < -0.4 is 4.72 Å². The maximum Gasteiger partial charge on any atom is 0.225 e. The van der Waals surface area contributed by atoms with Crippen LogP contribution in [0.15, 0.2) is 30.3 Å². The van der Waals surface area contributed by atoms with E-state index in [2.05, 4.69) is 4.72 Å². The van der Waals surface area contributed by atoms with E-state index in [0.29, 0.717) is 5.56 Å². The fourth-order valence-electron chi connectivity index (χ4n) is 1.24. The highest BCUT2D eigenvalue weighted by Gasteiger charge is 2.18. The van der Waals surface area contributed by atoms with Crippen LogP contribution in [0.2, 0.25) is 0 Å². The summed E-state index contributed by atoms with van der Waals surface area (Å²) in [4.78, 5) is 0. The molecular weight excluding hydrogens is 228 g/mol. The number of nitrogens with one attached hydrogen (secondary N) is 1. The SMILES string of the molecule is N#CCS(=O)(=O)N[C@@H](CO)c1ccccc1. The van der Waals surface area contributed by atoms with Gasteiger partial charge in [-0.2, -0.15) is 5.26 Å². The number of hydrogen-bond donors (Lipinski definition) is 2. The second-order valence-corrected chi connectivity index (χ2v) is 4.93. The van der Waals surface area contributed by atoms with E-state index in [1.807, 2.05) is 0 Å². The Labute approximate surface area is 94.4 Å². The average Bonchev–Trinajstić information content (AvgIpc) is 2.27. The molecule has 0 saturated heterocycles. The monoisotopic (exact) mass is 240 g/mol. The lowest BCUT2D eigenvalue weighted by Gasteiger charge is -2.15. The van der Waals surface area contributed by atoms with Crippen LogP contribution in [0.4, 0.5) is 0 Å². The summed E-state index contributed by atoms with van der Waals surface area (Å²) in [6, 6.07) is 9.54. The van der Waals surface area contributed by atoms with Crippen molar-refractivity contribution < 1.29 is 13.5 Å². The predicted octanol–water partition coefficient (Wildman–Crippen LogP) is 0.163. The summed E-state index contributed by atoms with van der Waals surface area (Å²) in [5.41, 5.74) is 0.659.